The normalized spacial score (nSPS) is 17.7. The zero-order chi connectivity index (χ0) is 21.2. The average molecular weight is 437 g/mol. The van der Waals surface area contributed by atoms with Gasteiger partial charge in [-0.1, -0.05) is 18.0 Å². The molecule has 0 aliphatic carbocycles. The van der Waals surface area contributed by atoms with Gasteiger partial charge in [0, 0.05) is 28.9 Å². The first kappa shape index (κ1) is 21.6. The fourth-order valence-corrected chi connectivity index (χ4v) is 5.65. The van der Waals surface area contributed by atoms with Crippen molar-refractivity contribution in [1.29, 1.82) is 0 Å². The number of hydrogen-bond donors (Lipinski definition) is 1. The molecule has 29 heavy (non-hydrogen) atoms. The van der Waals surface area contributed by atoms with Crippen LogP contribution in [0.4, 0.5) is 5.69 Å². The Morgan fingerprint density at radius 2 is 1.97 bits per heavy atom. The molecule has 0 saturated carbocycles. The number of benzene rings is 2. The zero-order valence-corrected chi connectivity index (χ0v) is 18.3. The van der Waals surface area contributed by atoms with Gasteiger partial charge < -0.3 is 10.1 Å². The SMILES string of the molecule is COc1ccc(C(=O)Nc2ccc(Cl)cc2C)cc1S(=O)(=O)N1CCCC[C@@H]1C. The van der Waals surface area contributed by atoms with Gasteiger partial charge in [-0.2, -0.15) is 4.31 Å². The van der Waals surface area contributed by atoms with Crippen LogP contribution in [0.2, 0.25) is 5.02 Å². The summed E-state index contributed by atoms with van der Waals surface area (Å²) in [6.07, 6.45) is 2.65. The number of piperidine rings is 1. The number of carbonyl (C=O) groups excluding carboxylic acids is 1. The van der Waals surface area contributed by atoms with Crippen molar-refractivity contribution in [1.82, 2.24) is 4.31 Å². The molecule has 0 unspecified atom stereocenters. The van der Waals surface area contributed by atoms with E-state index in [1.165, 1.54) is 23.5 Å². The molecule has 0 aromatic heterocycles. The molecule has 1 atom stereocenters. The lowest BCUT2D eigenvalue weighted by Gasteiger charge is -2.32. The average Bonchev–Trinajstić information content (AvgIpc) is 2.69. The third-order valence-corrected chi connectivity index (χ3v) is 7.46. The molecule has 8 heteroatoms. The maximum Gasteiger partial charge on any atom is 0.255 e. The number of anilines is 1. The molecule has 1 aliphatic rings. The first-order valence-electron chi connectivity index (χ1n) is 9.51. The molecule has 6 nitrogen and oxygen atoms in total. The van der Waals surface area contributed by atoms with Gasteiger partial charge in [-0.25, -0.2) is 8.42 Å². The molecular formula is C21H25ClN2O4S. The van der Waals surface area contributed by atoms with Gasteiger partial charge in [0.05, 0.1) is 7.11 Å². The van der Waals surface area contributed by atoms with E-state index in [-0.39, 0.29) is 22.3 Å². The van der Waals surface area contributed by atoms with E-state index in [4.69, 9.17) is 16.3 Å². The Morgan fingerprint density at radius 1 is 1.21 bits per heavy atom. The molecule has 1 heterocycles. The van der Waals surface area contributed by atoms with Gasteiger partial charge >= 0.3 is 0 Å². The minimum absolute atomic E-state index is 0.00854. The smallest absolute Gasteiger partial charge is 0.255 e. The number of sulfonamides is 1. The van der Waals surface area contributed by atoms with Crippen molar-refractivity contribution in [2.24, 2.45) is 0 Å². The van der Waals surface area contributed by atoms with Crippen molar-refractivity contribution in [2.75, 3.05) is 19.0 Å². The summed E-state index contributed by atoms with van der Waals surface area (Å²) in [6.45, 7) is 4.21. The van der Waals surface area contributed by atoms with Gasteiger partial charge in [-0.05, 0) is 68.7 Å². The van der Waals surface area contributed by atoms with Crippen LogP contribution < -0.4 is 10.1 Å². The highest BCUT2D eigenvalue weighted by atomic mass is 35.5. The summed E-state index contributed by atoms with van der Waals surface area (Å²) >= 11 is 5.96. The van der Waals surface area contributed by atoms with Crippen LogP contribution in [0.15, 0.2) is 41.3 Å². The second kappa shape index (κ2) is 8.73. The maximum atomic E-state index is 13.3. The minimum Gasteiger partial charge on any atom is -0.495 e. The Balaban J connectivity index is 1.95. The number of methoxy groups -OCH3 is 1. The quantitative estimate of drug-likeness (QED) is 0.750. The number of ether oxygens (including phenoxy) is 1. The number of carbonyl (C=O) groups is 1. The number of amides is 1. The Labute approximate surface area is 176 Å². The van der Waals surface area contributed by atoms with Crippen molar-refractivity contribution < 1.29 is 17.9 Å². The van der Waals surface area contributed by atoms with Crippen LogP contribution in [0.3, 0.4) is 0 Å². The van der Waals surface area contributed by atoms with Crippen molar-refractivity contribution in [3.05, 3.63) is 52.5 Å². The van der Waals surface area contributed by atoms with Gasteiger partial charge in [-0.15, -0.1) is 0 Å². The standard InChI is InChI=1S/C21H25ClN2O4S/c1-14-12-17(22)8-9-18(14)23-21(25)16-7-10-19(28-3)20(13-16)29(26,27)24-11-5-4-6-15(24)2/h7-10,12-13,15H,4-6,11H2,1-3H3,(H,23,25)/t15-/m0/s1. The van der Waals surface area contributed by atoms with Crippen molar-refractivity contribution in [3.8, 4) is 5.75 Å². The highest BCUT2D eigenvalue weighted by molar-refractivity contribution is 7.89. The number of hydrogen-bond acceptors (Lipinski definition) is 4. The van der Waals surface area contributed by atoms with Gasteiger partial charge in [0.25, 0.3) is 5.91 Å². The largest absolute Gasteiger partial charge is 0.495 e. The summed E-state index contributed by atoms with van der Waals surface area (Å²) in [4.78, 5) is 12.8. The van der Waals surface area contributed by atoms with Crippen molar-refractivity contribution in [3.63, 3.8) is 0 Å². The van der Waals surface area contributed by atoms with Crippen LogP contribution in [-0.4, -0.2) is 38.3 Å². The summed E-state index contributed by atoms with van der Waals surface area (Å²) in [6, 6.07) is 9.52. The lowest BCUT2D eigenvalue weighted by atomic mass is 10.1. The van der Waals surface area contributed by atoms with Gasteiger partial charge in [-0.3, -0.25) is 4.79 Å². The third kappa shape index (κ3) is 4.57. The molecule has 2 aromatic carbocycles. The molecule has 1 N–H and O–H groups in total. The number of halogens is 1. The first-order valence-corrected chi connectivity index (χ1v) is 11.3. The van der Waals surface area contributed by atoms with E-state index >= 15 is 0 Å². The number of nitrogens with zero attached hydrogens (tertiary/aromatic N) is 1. The van der Waals surface area contributed by atoms with Crippen LogP contribution in [0, 0.1) is 6.92 Å². The fourth-order valence-electron chi connectivity index (χ4n) is 3.54. The minimum atomic E-state index is -3.79. The van der Waals surface area contributed by atoms with E-state index in [1.54, 1.807) is 24.3 Å². The molecule has 1 saturated heterocycles. The van der Waals surface area contributed by atoms with E-state index in [1.807, 2.05) is 13.8 Å². The van der Waals surface area contributed by atoms with E-state index in [2.05, 4.69) is 5.32 Å². The van der Waals surface area contributed by atoms with Crippen LogP contribution in [0.5, 0.6) is 5.75 Å². The van der Waals surface area contributed by atoms with E-state index < -0.39 is 15.9 Å². The Bertz CT molecular complexity index is 1020. The molecule has 1 fully saturated rings. The molecule has 2 aromatic rings. The summed E-state index contributed by atoms with van der Waals surface area (Å²) in [5.41, 5.74) is 1.67. The molecular weight excluding hydrogens is 412 g/mol. The van der Waals surface area contributed by atoms with E-state index in [0.717, 1.165) is 24.8 Å². The predicted molar refractivity (Wildman–Crippen MR) is 114 cm³/mol. The lowest BCUT2D eigenvalue weighted by Crippen LogP contribution is -2.42. The van der Waals surface area contributed by atoms with E-state index in [9.17, 15) is 13.2 Å². The predicted octanol–water partition coefficient (Wildman–Crippen LogP) is 4.47. The summed E-state index contributed by atoms with van der Waals surface area (Å²) in [5, 5.41) is 3.39. The van der Waals surface area contributed by atoms with Crippen LogP contribution in [0.1, 0.15) is 42.1 Å². The Kier molecular flexibility index (Phi) is 6.51. The second-order valence-corrected chi connectivity index (χ2v) is 9.53. The van der Waals surface area contributed by atoms with E-state index in [0.29, 0.717) is 17.3 Å². The number of rotatable bonds is 5. The number of nitrogens with one attached hydrogen (secondary N) is 1. The Hall–Kier alpha value is -2.09. The van der Waals surface area contributed by atoms with Crippen LogP contribution in [-0.2, 0) is 10.0 Å². The maximum absolute atomic E-state index is 13.3. The van der Waals surface area contributed by atoms with Crippen LogP contribution in [0.25, 0.3) is 0 Å². The molecule has 0 radical (unpaired) electrons. The molecule has 1 aliphatic heterocycles. The highest BCUT2D eigenvalue weighted by Crippen LogP contribution is 2.32. The molecule has 3 rings (SSSR count). The Morgan fingerprint density at radius 3 is 2.62 bits per heavy atom. The summed E-state index contributed by atoms with van der Waals surface area (Å²) < 4.78 is 33.4. The summed E-state index contributed by atoms with van der Waals surface area (Å²) in [5.74, 6) is -0.178. The fraction of sp³-hybridized carbons (Fsp3) is 0.381. The summed E-state index contributed by atoms with van der Waals surface area (Å²) in [7, 11) is -2.36. The molecule has 0 spiro atoms. The topological polar surface area (TPSA) is 75.7 Å². The van der Waals surface area contributed by atoms with Gasteiger partial charge in [0.1, 0.15) is 10.6 Å². The zero-order valence-electron chi connectivity index (χ0n) is 16.7. The van der Waals surface area contributed by atoms with Crippen LogP contribution >= 0.6 is 11.6 Å². The van der Waals surface area contributed by atoms with Gasteiger partial charge in [0.15, 0.2) is 0 Å². The number of aryl methyl sites for hydroxylation is 1. The van der Waals surface area contributed by atoms with Gasteiger partial charge in [0.2, 0.25) is 10.0 Å². The monoisotopic (exact) mass is 436 g/mol. The second-order valence-electron chi connectivity index (χ2n) is 7.24. The first-order chi connectivity index (χ1) is 13.7. The van der Waals surface area contributed by atoms with Crippen molar-refractivity contribution >= 4 is 33.2 Å². The van der Waals surface area contributed by atoms with Crippen molar-refractivity contribution in [2.45, 2.75) is 44.0 Å². The molecule has 156 valence electrons. The third-order valence-electron chi connectivity index (χ3n) is 5.19. The molecule has 1 amide bonds. The lowest BCUT2D eigenvalue weighted by molar-refractivity contribution is 0.102. The highest BCUT2D eigenvalue weighted by Gasteiger charge is 2.33. The molecule has 0 bridgehead atoms.